The van der Waals surface area contributed by atoms with Crippen LogP contribution in [-0.4, -0.2) is 24.5 Å². The predicted octanol–water partition coefficient (Wildman–Crippen LogP) is 2.43. The zero-order valence-electron chi connectivity index (χ0n) is 15.4. The highest BCUT2D eigenvalue weighted by atomic mass is 16.5. The van der Waals surface area contributed by atoms with Gasteiger partial charge in [0.05, 0.1) is 12.5 Å². The number of urea groups is 1. The maximum Gasteiger partial charge on any atom is 0.312 e. The second-order valence-corrected chi connectivity index (χ2v) is 6.37. The number of nitrogens with two attached hydrogens (primary N) is 2. The van der Waals surface area contributed by atoms with Crippen LogP contribution in [0.1, 0.15) is 31.4 Å². The number of ether oxygens (including phenoxy) is 1. The van der Waals surface area contributed by atoms with E-state index < -0.39 is 12.1 Å². The summed E-state index contributed by atoms with van der Waals surface area (Å²) in [5.41, 5.74) is 11.7. The quantitative estimate of drug-likeness (QED) is 0.542. The Labute approximate surface area is 159 Å². The standard InChI is InChI=1S/C20H26N4O3/c1-14(21)10-11-23-19(25)13-18(24-20(22)26)15-6-5-9-17(12-15)27-16-7-3-2-4-8-16/h2-9,12,14,18H,10-11,13,21H2,1H3,(H,23,25)(H3,22,24,26). The molecule has 0 saturated heterocycles. The van der Waals surface area contributed by atoms with Gasteiger partial charge >= 0.3 is 6.03 Å². The Bertz CT molecular complexity index is 750. The lowest BCUT2D eigenvalue weighted by Gasteiger charge is -2.19. The molecule has 7 nitrogen and oxygen atoms in total. The van der Waals surface area contributed by atoms with E-state index in [9.17, 15) is 9.59 Å². The van der Waals surface area contributed by atoms with Crippen LogP contribution in [0.25, 0.3) is 0 Å². The van der Waals surface area contributed by atoms with Crippen molar-refractivity contribution in [2.45, 2.75) is 31.8 Å². The Morgan fingerprint density at radius 3 is 2.44 bits per heavy atom. The van der Waals surface area contributed by atoms with Crippen molar-refractivity contribution < 1.29 is 14.3 Å². The summed E-state index contributed by atoms with van der Waals surface area (Å²) >= 11 is 0. The minimum Gasteiger partial charge on any atom is -0.457 e. The monoisotopic (exact) mass is 370 g/mol. The third-order valence-electron chi connectivity index (χ3n) is 3.87. The van der Waals surface area contributed by atoms with E-state index >= 15 is 0 Å². The van der Waals surface area contributed by atoms with Crippen molar-refractivity contribution in [3.8, 4) is 11.5 Å². The summed E-state index contributed by atoms with van der Waals surface area (Å²) in [5, 5.41) is 5.41. The fraction of sp³-hybridized carbons (Fsp3) is 0.300. The molecule has 0 fully saturated rings. The van der Waals surface area contributed by atoms with Crippen molar-refractivity contribution in [3.05, 3.63) is 60.2 Å². The zero-order chi connectivity index (χ0) is 19.6. The number of hydrogen-bond donors (Lipinski definition) is 4. The SMILES string of the molecule is CC(N)CCNC(=O)CC(NC(N)=O)c1cccc(Oc2ccccc2)c1. The van der Waals surface area contributed by atoms with E-state index in [1.165, 1.54) is 0 Å². The number of primary amides is 1. The van der Waals surface area contributed by atoms with E-state index in [2.05, 4.69) is 10.6 Å². The predicted molar refractivity (Wildman–Crippen MR) is 104 cm³/mol. The maximum atomic E-state index is 12.2. The van der Waals surface area contributed by atoms with Gasteiger partial charge in [0.1, 0.15) is 11.5 Å². The van der Waals surface area contributed by atoms with Crippen LogP contribution in [0.5, 0.6) is 11.5 Å². The molecule has 0 spiro atoms. The lowest BCUT2D eigenvalue weighted by atomic mass is 10.0. The lowest BCUT2D eigenvalue weighted by molar-refractivity contribution is -0.121. The molecule has 7 heteroatoms. The maximum absolute atomic E-state index is 12.2. The lowest BCUT2D eigenvalue weighted by Crippen LogP contribution is -2.37. The summed E-state index contributed by atoms with van der Waals surface area (Å²) < 4.78 is 5.81. The third kappa shape index (κ3) is 7.37. The van der Waals surface area contributed by atoms with Gasteiger partial charge in [-0.05, 0) is 43.2 Å². The molecule has 144 valence electrons. The van der Waals surface area contributed by atoms with Crippen LogP contribution >= 0.6 is 0 Å². The van der Waals surface area contributed by atoms with Gasteiger partial charge < -0.3 is 26.8 Å². The molecule has 0 saturated carbocycles. The first-order valence-electron chi connectivity index (χ1n) is 8.85. The highest BCUT2D eigenvalue weighted by Crippen LogP contribution is 2.25. The van der Waals surface area contributed by atoms with Gasteiger partial charge in [0.25, 0.3) is 0 Å². The van der Waals surface area contributed by atoms with Crippen molar-refractivity contribution in [2.75, 3.05) is 6.54 Å². The molecule has 2 aromatic rings. The number of amides is 3. The van der Waals surface area contributed by atoms with Gasteiger partial charge in [0.15, 0.2) is 0 Å². The highest BCUT2D eigenvalue weighted by molar-refractivity contribution is 5.78. The number of benzene rings is 2. The van der Waals surface area contributed by atoms with Crippen LogP contribution in [0.2, 0.25) is 0 Å². The Hall–Kier alpha value is -3.06. The van der Waals surface area contributed by atoms with E-state index in [0.717, 1.165) is 5.56 Å². The fourth-order valence-corrected chi connectivity index (χ4v) is 2.54. The van der Waals surface area contributed by atoms with Gasteiger partial charge in [-0.2, -0.15) is 0 Å². The van der Waals surface area contributed by atoms with Gasteiger partial charge in [-0.25, -0.2) is 4.79 Å². The number of para-hydroxylation sites is 1. The van der Waals surface area contributed by atoms with Crippen LogP contribution in [0.4, 0.5) is 4.79 Å². The normalized spacial score (nSPS) is 12.7. The second kappa shape index (κ2) is 10.2. The van der Waals surface area contributed by atoms with Gasteiger partial charge in [-0.15, -0.1) is 0 Å². The molecular weight excluding hydrogens is 344 g/mol. The third-order valence-corrected chi connectivity index (χ3v) is 3.87. The Morgan fingerprint density at radius 2 is 1.78 bits per heavy atom. The number of hydrogen-bond acceptors (Lipinski definition) is 4. The summed E-state index contributed by atoms with van der Waals surface area (Å²) in [5.74, 6) is 1.11. The molecular formula is C20H26N4O3. The zero-order valence-corrected chi connectivity index (χ0v) is 15.4. The van der Waals surface area contributed by atoms with Gasteiger partial charge in [0.2, 0.25) is 5.91 Å². The van der Waals surface area contributed by atoms with E-state index in [0.29, 0.717) is 24.5 Å². The van der Waals surface area contributed by atoms with Gasteiger partial charge in [-0.1, -0.05) is 30.3 Å². The molecule has 2 unspecified atom stereocenters. The second-order valence-electron chi connectivity index (χ2n) is 6.37. The molecule has 0 aliphatic carbocycles. The van der Waals surface area contributed by atoms with Crippen LogP contribution in [0.15, 0.2) is 54.6 Å². The molecule has 6 N–H and O–H groups in total. The van der Waals surface area contributed by atoms with Crippen LogP contribution in [-0.2, 0) is 4.79 Å². The molecule has 2 rings (SSSR count). The van der Waals surface area contributed by atoms with Gasteiger partial charge in [-0.3, -0.25) is 4.79 Å². The molecule has 0 bridgehead atoms. The molecule has 0 aromatic heterocycles. The minimum absolute atomic E-state index is 0.0108. The average Bonchev–Trinajstić information content (AvgIpc) is 2.61. The molecule has 0 heterocycles. The molecule has 0 aliphatic rings. The Balaban J connectivity index is 2.07. The van der Waals surface area contributed by atoms with E-state index in [-0.39, 0.29) is 18.4 Å². The Morgan fingerprint density at radius 1 is 1.07 bits per heavy atom. The topological polar surface area (TPSA) is 119 Å². The molecule has 3 amide bonds. The Kier molecular flexibility index (Phi) is 7.63. The summed E-state index contributed by atoms with van der Waals surface area (Å²) in [6.45, 7) is 2.36. The summed E-state index contributed by atoms with van der Waals surface area (Å²) in [6, 6.07) is 15.3. The van der Waals surface area contributed by atoms with E-state index in [1.54, 1.807) is 18.2 Å². The number of carbonyl (C=O) groups excluding carboxylic acids is 2. The van der Waals surface area contributed by atoms with Crippen LogP contribution in [0, 0.1) is 0 Å². The average molecular weight is 370 g/mol. The number of carbonyl (C=O) groups is 2. The number of rotatable bonds is 9. The van der Waals surface area contributed by atoms with Crippen LogP contribution in [0.3, 0.4) is 0 Å². The van der Waals surface area contributed by atoms with Gasteiger partial charge in [0, 0.05) is 12.6 Å². The van der Waals surface area contributed by atoms with Crippen molar-refractivity contribution in [1.29, 1.82) is 0 Å². The van der Waals surface area contributed by atoms with Crippen molar-refractivity contribution in [3.63, 3.8) is 0 Å². The minimum atomic E-state index is -0.697. The molecule has 0 radical (unpaired) electrons. The van der Waals surface area contributed by atoms with E-state index in [1.807, 2.05) is 43.3 Å². The first-order chi connectivity index (χ1) is 12.9. The molecule has 2 atom stereocenters. The van der Waals surface area contributed by atoms with Crippen molar-refractivity contribution in [1.82, 2.24) is 10.6 Å². The molecule has 2 aromatic carbocycles. The van der Waals surface area contributed by atoms with Crippen molar-refractivity contribution >= 4 is 11.9 Å². The van der Waals surface area contributed by atoms with Crippen molar-refractivity contribution in [2.24, 2.45) is 11.5 Å². The smallest absolute Gasteiger partial charge is 0.312 e. The largest absolute Gasteiger partial charge is 0.457 e. The molecule has 0 aliphatic heterocycles. The van der Waals surface area contributed by atoms with Crippen LogP contribution < -0.4 is 26.8 Å². The summed E-state index contributed by atoms with van der Waals surface area (Å²) in [4.78, 5) is 23.6. The fourth-order valence-electron chi connectivity index (χ4n) is 2.54. The first kappa shape index (κ1) is 20.3. The number of nitrogens with one attached hydrogen (secondary N) is 2. The summed E-state index contributed by atoms with van der Waals surface area (Å²) in [6.07, 6.45) is 0.747. The molecule has 27 heavy (non-hydrogen) atoms. The van der Waals surface area contributed by atoms with E-state index in [4.69, 9.17) is 16.2 Å². The highest BCUT2D eigenvalue weighted by Gasteiger charge is 2.18. The first-order valence-corrected chi connectivity index (χ1v) is 8.85. The summed E-state index contributed by atoms with van der Waals surface area (Å²) in [7, 11) is 0.